The van der Waals surface area contributed by atoms with Crippen molar-refractivity contribution in [1.82, 2.24) is 24.6 Å². The average molecular weight is 395 g/mol. The number of aromatic nitrogens is 4. The van der Waals surface area contributed by atoms with E-state index in [9.17, 15) is 9.18 Å². The molecule has 1 aromatic carbocycles. The predicted octanol–water partition coefficient (Wildman–Crippen LogP) is 3.21. The van der Waals surface area contributed by atoms with Crippen LogP contribution < -0.4 is 0 Å². The van der Waals surface area contributed by atoms with Crippen LogP contribution in [0.3, 0.4) is 0 Å². The molecule has 1 aliphatic rings. The summed E-state index contributed by atoms with van der Waals surface area (Å²) in [7, 11) is 1.89. The van der Waals surface area contributed by atoms with Crippen LogP contribution in [-0.2, 0) is 18.3 Å². The van der Waals surface area contributed by atoms with Crippen molar-refractivity contribution < 1.29 is 9.18 Å². The second kappa shape index (κ2) is 8.37. The molecule has 1 aliphatic heterocycles. The standard InChI is InChI=1S/C22H26FN5O/c1-15(23)13-28-7-5-16(6-8-28)21(29)10-22-24-11-18-4-3-17(9-20(18)26-22)19-12-25-27(2)14-19/h3-4,9,11-12,14-16H,5-8,10,13H2,1-2H3/t15-/m0/s1. The van der Waals surface area contributed by atoms with Gasteiger partial charge in [0.05, 0.1) is 18.1 Å². The molecule has 0 unspecified atom stereocenters. The molecule has 1 saturated heterocycles. The first-order chi connectivity index (χ1) is 14.0. The third-order valence-corrected chi connectivity index (χ3v) is 5.56. The molecule has 0 N–H and O–H groups in total. The number of carbonyl (C=O) groups is 1. The van der Waals surface area contributed by atoms with Crippen LogP contribution >= 0.6 is 0 Å². The minimum atomic E-state index is -0.829. The first-order valence-corrected chi connectivity index (χ1v) is 10.1. The molecule has 0 radical (unpaired) electrons. The Balaban J connectivity index is 1.44. The molecule has 3 aromatic rings. The van der Waals surface area contributed by atoms with Crippen molar-refractivity contribution in [2.45, 2.75) is 32.4 Å². The van der Waals surface area contributed by atoms with Crippen LogP contribution in [0.4, 0.5) is 4.39 Å². The molecule has 152 valence electrons. The minimum absolute atomic E-state index is 0.0159. The number of Topliss-reactive ketones (excluding diaryl/α,β-unsaturated/α-hetero) is 1. The lowest BCUT2D eigenvalue weighted by Gasteiger charge is -2.31. The van der Waals surface area contributed by atoms with Gasteiger partial charge in [-0.05, 0) is 44.5 Å². The fourth-order valence-electron chi connectivity index (χ4n) is 3.99. The van der Waals surface area contributed by atoms with Gasteiger partial charge in [0.25, 0.3) is 0 Å². The van der Waals surface area contributed by atoms with Crippen molar-refractivity contribution in [2.75, 3.05) is 19.6 Å². The monoisotopic (exact) mass is 395 g/mol. The highest BCUT2D eigenvalue weighted by Gasteiger charge is 2.26. The number of piperidine rings is 1. The van der Waals surface area contributed by atoms with Crippen LogP contribution in [-0.4, -0.2) is 56.2 Å². The predicted molar refractivity (Wildman–Crippen MR) is 110 cm³/mol. The van der Waals surface area contributed by atoms with Gasteiger partial charge in [0.15, 0.2) is 0 Å². The van der Waals surface area contributed by atoms with Crippen LogP contribution in [0.5, 0.6) is 0 Å². The van der Waals surface area contributed by atoms with Gasteiger partial charge >= 0.3 is 0 Å². The second-order valence-electron chi connectivity index (χ2n) is 7.96. The van der Waals surface area contributed by atoms with E-state index < -0.39 is 6.17 Å². The quantitative estimate of drug-likeness (QED) is 0.641. The number of nitrogens with zero attached hydrogens (tertiary/aromatic N) is 5. The van der Waals surface area contributed by atoms with E-state index in [4.69, 9.17) is 0 Å². The summed E-state index contributed by atoms with van der Waals surface area (Å²) < 4.78 is 14.9. The van der Waals surface area contributed by atoms with Gasteiger partial charge in [0.2, 0.25) is 0 Å². The summed E-state index contributed by atoms with van der Waals surface area (Å²) in [5, 5.41) is 5.16. The number of carbonyl (C=O) groups excluding carboxylic acids is 1. The lowest BCUT2D eigenvalue weighted by molar-refractivity contribution is -0.123. The zero-order valence-corrected chi connectivity index (χ0v) is 16.9. The zero-order valence-electron chi connectivity index (χ0n) is 16.9. The van der Waals surface area contributed by atoms with Crippen LogP contribution in [0, 0.1) is 5.92 Å². The molecular formula is C22H26FN5O. The molecule has 0 amide bonds. The largest absolute Gasteiger partial charge is 0.300 e. The first kappa shape index (κ1) is 19.6. The number of hydrogen-bond donors (Lipinski definition) is 0. The van der Waals surface area contributed by atoms with Crippen molar-refractivity contribution >= 4 is 16.7 Å². The van der Waals surface area contributed by atoms with Crippen molar-refractivity contribution in [3.05, 3.63) is 42.6 Å². The zero-order chi connectivity index (χ0) is 20.4. The van der Waals surface area contributed by atoms with Crippen molar-refractivity contribution in [2.24, 2.45) is 13.0 Å². The Bertz CT molecular complexity index is 1010. The number of aryl methyl sites for hydroxylation is 1. The summed E-state index contributed by atoms with van der Waals surface area (Å²) in [6, 6.07) is 6.03. The van der Waals surface area contributed by atoms with E-state index in [-0.39, 0.29) is 18.1 Å². The molecule has 0 bridgehead atoms. The third-order valence-electron chi connectivity index (χ3n) is 5.56. The molecule has 3 heterocycles. The van der Waals surface area contributed by atoms with Gasteiger partial charge < -0.3 is 4.90 Å². The Morgan fingerprint density at radius 3 is 2.72 bits per heavy atom. The summed E-state index contributed by atoms with van der Waals surface area (Å²) >= 11 is 0. The fraction of sp³-hybridized carbons (Fsp3) is 0.455. The Labute approximate surface area is 169 Å². The van der Waals surface area contributed by atoms with Crippen LogP contribution in [0.1, 0.15) is 25.6 Å². The molecule has 2 aromatic heterocycles. The second-order valence-corrected chi connectivity index (χ2v) is 7.96. The topological polar surface area (TPSA) is 63.9 Å². The van der Waals surface area contributed by atoms with Crippen molar-refractivity contribution in [3.63, 3.8) is 0 Å². The molecular weight excluding hydrogens is 369 g/mol. The lowest BCUT2D eigenvalue weighted by Crippen LogP contribution is -2.39. The molecule has 29 heavy (non-hydrogen) atoms. The smallest absolute Gasteiger partial charge is 0.143 e. The lowest BCUT2D eigenvalue weighted by atomic mass is 9.90. The van der Waals surface area contributed by atoms with Crippen LogP contribution in [0.15, 0.2) is 36.8 Å². The molecule has 7 heteroatoms. The van der Waals surface area contributed by atoms with Gasteiger partial charge in [0.1, 0.15) is 17.8 Å². The van der Waals surface area contributed by atoms with Crippen molar-refractivity contribution in [3.8, 4) is 11.1 Å². The van der Waals surface area contributed by atoms with E-state index >= 15 is 0 Å². The number of hydrogen-bond acceptors (Lipinski definition) is 5. The molecule has 0 saturated carbocycles. The molecule has 6 nitrogen and oxygen atoms in total. The van der Waals surface area contributed by atoms with Gasteiger partial charge in [-0.2, -0.15) is 5.10 Å². The highest BCUT2D eigenvalue weighted by atomic mass is 19.1. The average Bonchev–Trinajstić information content (AvgIpc) is 3.14. The normalized spacial score (nSPS) is 16.9. The number of benzene rings is 1. The number of ketones is 1. The Morgan fingerprint density at radius 2 is 2.03 bits per heavy atom. The van der Waals surface area contributed by atoms with Gasteiger partial charge in [-0.1, -0.05) is 12.1 Å². The fourth-order valence-corrected chi connectivity index (χ4v) is 3.99. The number of fused-ring (bicyclic) bond motifs is 1. The minimum Gasteiger partial charge on any atom is -0.300 e. The number of likely N-dealkylation sites (tertiary alicyclic amines) is 1. The van der Waals surface area contributed by atoms with E-state index in [2.05, 4.69) is 20.0 Å². The Hall–Kier alpha value is -2.67. The summed E-state index contributed by atoms with van der Waals surface area (Å²) in [5.41, 5.74) is 2.90. The molecule has 4 rings (SSSR count). The van der Waals surface area contributed by atoms with Crippen LogP contribution in [0.2, 0.25) is 0 Å². The summed E-state index contributed by atoms with van der Waals surface area (Å²) in [6.45, 7) is 3.58. The Kier molecular flexibility index (Phi) is 5.67. The summed E-state index contributed by atoms with van der Waals surface area (Å²) in [5.74, 6) is 0.758. The Morgan fingerprint density at radius 1 is 1.24 bits per heavy atom. The molecule has 0 spiro atoms. The van der Waals surface area contributed by atoms with E-state index in [0.29, 0.717) is 12.4 Å². The summed E-state index contributed by atoms with van der Waals surface area (Å²) in [6.07, 6.45) is 6.55. The van der Waals surface area contributed by atoms with Gasteiger partial charge in [0, 0.05) is 42.9 Å². The van der Waals surface area contributed by atoms with Gasteiger partial charge in [-0.15, -0.1) is 0 Å². The number of alkyl halides is 1. The van der Waals surface area contributed by atoms with Crippen molar-refractivity contribution in [1.29, 1.82) is 0 Å². The van der Waals surface area contributed by atoms with Gasteiger partial charge in [-0.25, -0.2) is 14.4 Å². The maximum absolute atomic E-state index is 13.2. The van der Waals surface area contributed by atoms with E-state index in [1.54, 1.807) is 17.8 Å². The number of halogens is 1. The van der Waals surface area contributed by atoms with E-state index in [1.807, 2.05) is 37.6 Å². The van der Waals surface area contributed by atoms with E-state index in [1.165, 1.54) is 0 Å². The maximum Gasteiger partial charge on any atom is 0.143 e. The van der Waals surface area contributed by atoms with E-state index in [0.717, 1.165) is 48.0 Å². The summed E-state index contributed by atoms with van der Waals surface area (Å²) in [4.78, 5) is 23.9. The molecule has 0 aliphatic carbocycles. The first-order valence-electron chi connectivity index (χ1n) is 10.1. The SMILES string of the molecule is C[C@H](F)CN1CCC(C(=O)Cc2ncc3ccc(-c4cnn(C)c4)cc3n2)CC1. The highest BCUT2D eigenvalue weighted by molar-refractivity contribution is 5.85. The maximum atomic E-state index is 13.2. The molecule has 1 atom stereocenters. The van der Waals surface area contributed by atoms with Gasteiger partial charge in [-0.3, -0.25) is 9.48 Å². The number of rotatable bonds is 6. The highest BCUT2D eigenvalue weighted by Crippen LogP contribution is 2.24. The third kappa shape index (κ3) is 4.67. The van der Waals surface area contributed by atoms with Crippen LogP contribution in [0.25, 0.3) is 22.0 Å². The molecule has 1 fully saturated rings.